The van der Waals surface area contributed by atoms with Crippen LogP contribution in [0.2, 0.25) is 5.02 Å². The first-order valence-electron chi connectivity index (χ1n) is 5.84. The fourth-order valence-electron chi connectivity index (χ4n) is 2.49. The lowest BCUT2D eigenvalue weighted by Crippen LogP contribution is -2.33. The molecule has 0 aromatic heterocycles. The highest BCUT2D eigenvalue weighted by Gasteiger charge is 2.32. The van der Waals surface area contributed by atoms with E-state index in [4.69, 9.17) is 17.3 Å². The maximum absolute atomic E-state index is 13.6. The van der Waals surface area contributed by atoms with Crippen LogP contribution in [0.5, 0.6) is 0 Å². The topological polar surface area (TPSA) is 26.0 Å². The van der Waals surface area contributed by atoms with Crippen LogP contribution in [0.15, 0.2) is 12.1 Å². The van der Waals surface area contributed by atoms with Gasteiger partial charge in [-0.3, -0.25) is 0 Å². The largest absolute Gasteiger partial charge is 0.321 e. The molecule has 88 valence electrons. The molecule has 1 aliphatic rings. The molecule has 1 aromatic rings. The number of nitrogens with two attached hydrogens (primary N) is 1. The molecule has 1 aromatic carbocycles. The summed E-state index contributed by atoms with van der Waals surface area (Å²) in [5.41, 5.74) is 7.71. The SMILES string of the molecule is CCc1cc(C2(N)CCCC2)cc(Cl)c1F. The standard InChI is InChI=1S/C13H17ClFN/c1-2-9-7-10(8-11(14)12(9)15)13(16)5-3-4-6-13/h7-8H,2-6,16H2,1H3. The predicted molar refractivity (Wildman–Crippen MR) is 65.1 cm³/mol. The van der Waals surface area contributed by atoms with Crippen molar-refractivity contribution >= 4 is 11.6 Å². The molecule has 1 saturated carbocycles. The Morgan fingerprint density at radius 2 is 2.00 bits per heavy atom. The lowest BCUT2D eigenvalue weighted by atomic mass is 9.88. The second-order valence-electron chi connectivity index (χ2n) is 4.65. The highest BCUT2D eigenvalue weighted by Crippen LogP contribution is 2.38. The maximum Gasteiger partial charge on any atom is 0.144 e. The number of rotatable bonds is 2. The lowest BCUT2D eigenvalue weighted by Gasteiger charge is -2.25. The molecule has 0 bridgehead atoms. The zero-order valence-corrected chi connectivity index (χ0v) is 10.3. The summed E-state index contributed by atoms with van der Waals surface area (Å²) in [5, 5.41) is 0.200. The first-order valence-corrected chi connectivity index (χ1v) is 6.22. The second-order valence-corrected chi connectivity index (χ2v) is 5.06. The van der Waals surface area contributed by atoms with Crippen LogP contribution in [0.25, 0.3) is 0 Å². The highest BCUT2D eigenvalue weighted by molar-refractivity contribution is 6.30. The van der Waals surface area contributed by atoms with Gasteiger partial charge in [-0.15, -0.1) is 0 Å². The van der Waals surface area contributed by atoms with Gasteiger partial charge in [-0.1, -0.05) is 37.4 Å². The summed E-state index contributed by atoms with van der Waals surface area (Å²) in [6.45, 7) is 1.93. The van der Waals surface area contributed by atoms with E-state index in [2.05, 4.69) is 0 Å². The van der Waals surface area contributed by atoms with Gasteiger partial charge < -0.3 is 5.73 Å². The Labute approximate surface area is 101 Å². The molecule has 16 heavy (non-hydrogen) atoms. The quantitative estimate of drug-likeness (QED) is 0.838. The van der Waals surface area contributed by atoms with Gasteiger partial charge >= 0.3 is 0 Å². The summed E-state index contributed by atoms with van der Waals surface area (Å²) in [5.74, 6) is -0.297. The number of hydrogen-bond donors (Lipinski definition) is 1. The van der Waals surface area contributed by atoms with E-state index in [0.29, 0.717) is 12.0 Å². The molecule has 0 spiro atoms. The van der Waals surface area contributed by atoms with E-state index in [0.717, 1.165) is 31.2 Å². The first kappa shape index (κ1) is 11.9. The Morgan fingerprint density at radius 1 is 1.38 bits per heavy atom. The van der Waals surface area contributed by atoms with Gasteiger partial charge in [0.15, 0.2) is 0 Å². The Bertz CT molecular complexity index is 397. The van der Waals surface area contributed by atoms with Gasteiger partial charge in [-0.2, -0.15) is 0 Å². The number of benzene rings is 1. The predicted octanol–water partition coefficient (Wildman–Crippen LogP) is 3.77. The van der Waals surface area contributed by atoms with E-state index in [-0.39, 0.29) is 16.4 Å². The lowest BCUT2D eigenvalue weighted by molar-refractivity contribution is 0.459. The third-order valence-electron chi connectivity index (χ3n) is 3.56. The molecule has 1 aliphatic carbocycles. The normalized spacial score (nSPS) is 19.0. The summed E-state index contributed by atoms with van der Waals surface area (Å²) in [4.78, 5) is 0. The van der Waals surface area contributed by atoms with Crippen molar-refractivity contribution in [3.63, 3.8) is 0 Å². The molecule has 0 heterocycles. The van der Waals surface area contributed by atoms with E-state index in [1.165, 1.54) is 0 Å². The number of halogens is 2. The van der Waals surface area contributed by atoms with E-state index in [1.54, 1.807) is 6.07 Å². The monoisotopic (exact) mass is 241 g/mol. The average Bonchev–Trinajstić information content (AvgIpc) is 2.70. The fraction of sp³-hybridized carbons (Fsp3) is 0.538. The Balaban J connectivity index is 2.45. The summed E-state index contributed by atoms with van der Waals surface area (Å²) >= 11 is 5.91. The van der Waals surface area contributed by atoms with E-state index in [9.17, 15) is 4.39 Å². The molecule has 0 saturated heterocycles. The van der Waals surface area contributed by atoms with Gasteiger partial charge in [0.25, 0.3) is 0 Å². The van der Waals surface area contributed by atoms with Gasteiger partial charge in [0, 0.05) is 5.54 Å². The first-order chi connectivity index (χ1) is 7.57. The molecular weight excluding hydrogens is 225 g/mol. The van der Waals surface area contributed by atoms with E-state index >= 15 is 0 Å². The van der Waals surface area contributed by atoms with Crippen molar-refractivity contribution in [1.29, 1.82) is 0 Å². The third-order valence-corrected chi connectivity index (χ3v) is 3.83. The summed E-state index contributed by atoms with van der Waals surface area (Å²) in [7, 11) is 0. The van der Waals surface area contributed by atoms with Crippen molar-refractivity contribution < 1.29 is 4.39 Å². The van der Waals surface area contributed by atoms with Gasteiger partial charge in [0.2, 0.25) is 0 Å². The Kier molecular flexibility index (Phi) is 3.22. The minimum atomic E-state index is -0.297. The van der Waals surface area contributed by atoms with Crippen LogP contribution in [-0.4, -0.2) is 0 Å². The smallest absolute Gasteiger partial charge is 0.144 e. The van der Waals surface area contributed by atoms with Crippen LogP contribution in [-0.2, 0) is 12.0 Å². The average molecular weight is 242 g/mol. The van der Waals surface area contributed by atoms with Crippen molar-refractivity contribution in [2.24, 2.45) is 5.73 Å². The molecule has 0 atom stereocenters. The number of hydrogen-bond acceptors (Lipinski definition) is 1. The Hall–Kier alpha value is -0.600. The van der Waals surface area contributed by atoms with E-state index < -0.39 is 0 Å². The molecule has 1 nitrogen and oxygen atoms in total. The van der Waals surface area contributed by atoms with Crippen molar-refractivity contribution in [2.45, 2.75) is 44.6 Å². The maximum atomic E-state index is 13.6. The molecule has 2 rings (SSSR count). The van der Waals surface area contributed by atoms with Gasteiger partial charge in [0.05, 0.1) is 5.02 Å². The van der Waals surface area contributed by atoms with Gasteiger partial charge in [-0.25, -0.2) is 4.39 Å². The minimum absolute atomic E-state index is 0.200. The Morgan fingerprint density at radius 3 is 2.56 bits per heavy atom. The van der Waals surface area contributed by atoms with Crippen LogP contribution in [0.3, 0.4) is 0 Å². The molecule has 3 heteroatoms. The molecule has 0 aliphatic heterocycles. The van der Waals surface area contributed by atoms with Crippen molar-refractivity contribution in [3.8, 4) is 0 Å². The molecule has 0 unspecified atom stereocenters. The van der Waals surface area contributed by atoms with Crippen LogP contribution in [0.1, 0.15) is 43.7 Å². The fourth-order valence-corrected chi connectivity index (χ4v) is 2.72. The summed E-state index contributed by atoms with van der Waals surface area (Å²) in [6, 6.07) is 3.58. The van der Waals surface area contributed by atoms with Gasteiger partial charge in [0.1, 0.15) is 5.82 Å². The van der Waals surface area contributed by atoms with Crippen LogP contribution in [0.4, 0.5) is 4.39 Å². The molecule has 2 N–H and O–H groups in total. The van der Waals surface area contributed by atoms with Crippen LogP contribution < -0.4 is 5.73 Å². The van der Waals surface area contributed by atoms with Crippen molar-refractivity contribution in [3.05, 3.63) is 34.1 Å². The van der Waals surface area contributed by atoms with Crippen molar-refractivity contribution in [1.82, 2.24) is 0 Å². The van der Waals surface area contributed by atoms with Gasteiger partial charge in [-0.05, 0) is 36.5 Å². The molecule has 0 radical (unpaired) electrons. The van der Waals surface area contributed by atoms with E-state index in [1.807, 2.05) is 13.0 Å². The highest BCUT2D eigenvalue weighted by atomic mass is 35.5. The zero-order valence-electron chi connectivity index (χ0n) is 9.52. The summed E-state index contributed by atoms with van der Waals surface area (Å²) in [6.07, 6.45) is 4.88. The second kappa shape index (κ2) is 4.34. The molecule has 1 fully saturated rings. The molecular formula is C13H17ClFN. The van der Waals surface area contributed by atoms with Crippen LogP contribution in [0, 0.1) is 5.82 Å². The third kappa shape index (κ3) is 1.96. The number of aryl methyl sites for hydroxylation is 1. The van der Waals surface area contributed by atoms with Crippen molar-refractivity contribution in [2.75, 3.05) is 0 Å². The van der Waals surface area contributed by atoms with Crippen LogP contribution >= 0.6 is 11.6 Å². The molecule has 0 amide bonds. The summed E-state index contributed by atoms with van der Waals surface area (Å²) < 4.78 is 13.6. The zero-order chi connectivity index (χ0) is 11.8. The minimum Gasteiger partial charge on any atom is -0.321 e.